The van der Waals surface area contributed by atoms with E-state index in [1.807, 2.05) is 36.4 Å². The van der Waals surface area contributed by atoms with E-state index in [0.29, 0.717) is 25.3 Å². The number of esters is 1. The number of hydrogen-bond donors (Lipinski definition) is 0. The maximum atomic E-state index is 12.5. The number of carbonyl (C=O) groups is 1. The lowest BCUT2D eigenvalue weighted by molar-refractivity contribution is -0.150. The summed E-state index contributed by atoms with van der Waals surface area (Å²) >= 11 is 0. The van der Waals surface area contributed by atoms with Gasteiger partial charge in [0.2, 0.25) is 0 Å². The molecule has 0 bridgehead atoms. The Hall–Kier alpha value is -2.68. The third kappa shape index (κ3) is 3.87. The van der Waals surface area contributed by atoms with Crippen molar-refractivity contribution in [3.8, 4) is 6.07 Å². The average Bonchev–Trinajstić information content (AvgIpc) is 2.69. The summed E-state index contributed by atoms with van der Waals surface area (Å²) in [7, 11) is 1.39. The van der Waals surface area contributed by atoms with Crippen LogP contribution in [0.4, 0.5) is 0 Å². The Labute approximate surface area is 147 Å². The van der Waals surface area contributed by atoms with Crippen molar-refractivity contribution in [1.82, 2.24) is 4.90 Å². The number of benzene rings is 2. The number of nitrogens with zero attached hydrogens (tertiary/aromatic N) is 2. The molecule has 1 fully saturated rings. The zero-order chi connectivity index (χ0) is 17.6. The first kappa shape index (κ1) is 17.2. The van der Waals surface area contributed by atoms with Crippen LogP contribution in [0.5, 0.6) is 0 Å². The van der Waals surface area contributed by atoms with Gasteiger partial charge in [0.15, 0.2) is 0 Å². The number of morpholine rings is 1. The minimum absolute atomic E-state index is 0.0961. The smallest absolute Gasteiger partial charge is 0.327 e. The molecule has 1 heterocycles. The molecule has 0 unspecified atom stereocenters. The lowest BCUT2D eigenvalue weighted by atomic mass is 10.0. The van der Waals surface area contributed by atoms with Gasteiger partial charge in [-0.05, 0) is 23.3 Å². The van der Waals surface area contributed by atoms with Gasteiger partial charge >= 0.3 is 5.97 Å². The molecule has 2 aromatic rings. The third-order valence-corrected chi connectivity index (χ3v) is 4.39. The van der Waals surface area contributed by atoms with Crippen molar-refractivity contribution in [2.45, 2.75) is 12.1 Å². The molecular weight excluding hydrogens is 316 g/mol. The lowest BCUT2D eigenvalue weighted by Gasteiger charge is -2.37. The largest absolute Gasteiger partial charge is 0.468 e. The van der Waals surface area contributed by atoms with Crippen LogP contribution in [0.2, 0.25) is 0 Å². The van der Waals surface area contributed by atoms with Gasteiger partial charge in [0, 0.05) is 13.1 Å². The monoisotopic (exact) mass is 336 g/mol. The first-order valence-electron chi connectivity index (χ1n) is 8.21. The summed E-state index contributed by atoms with van der Waals surface area (Å²) < 4.78 is 10.9. The standard InChI is InChI=1S/C20H20N2O3/c1-24-20(23)19(17-9-5-6-15(12-17)13-21)22-10-11-25-18(14-22)16-7-3-2-4-8-16/h2-9,12,18-19H,10-11,14H2,1H3/t18-,19+/m0/s1. The van der Waals surface area contributed by atoms with Gasteiger partial charge in [-0.25, -0.2) is 4.79 Å². The summed E-state index contributed by atoms with van der Waals surface area (Å²) in [4.78, 5) is 14.5. The van der Waals surface area contributed by atoms with Crippen molar-refractivity contribution >= 4 is 5.97 Å². The molecule has 128 valence electrons. The zero-order valence-electron chi connectivity index (χ0n) is 14.1. The average molecular weight is 336 g/mol. The Balaban J connectivity index is 1.88. The topological polar surface area (TPSA) is 62.6 Å². The predicted molar refractivity (Wildman–Crippen MR) is 92.6 cm³/mol. The van der Waals surface area contributed by atoms with E-state index in [1.165, 1.54) is 7.11 Å². The Morgan fingerprint density at radius 2 is 2.08 bits per heavy atom. The molecule has 0 saturated carbocycles. The lowest BCUT2D eigenvalue weighted by Crippen LogP contribution is -2.43. The molecule has 1 saturated heterocycles. The molecule has 0 radical (unpaired) electrons. The summed E-state index contributed by atoms with van der Waals surface area (Å²) in [5.41, 5.74) is 2.38. The summed E-state index contributed by atoms with van der Waals surface area (Å²) in [6.07, 6.45) is -0.0961. The fourth-order valence-corrected chi connectivity index (χ4v) is 3.16. The van der Waals surface area contributed by atoms with Crippen LogP contribution in [0.25, 0.3) is 0 Å². The summed E-state index contributed by atoms with van der Waals surface area (Å²) in [5, 5.41) is 9.14. The molecule has 0 N–H and O–H groups in total. The molecule has 5 nitrogen and oxygen atoms in total. The fraction of sp³-hybridized carbons (Fsp3) is 0.300. The number of ether oxygens (including phenoxy) is 2. The number of rotatable bonds is 4. The number of nitriles is 1. The van der Waals surface area contributed by atoms with Crippen LogP contribution in [-0.4, -0.2) is 37.7 Å². The predicted octanol–water partition coefficient (Wildman–Crippen LogP) is 2.85. The highest BCUT2D eigenvalue weighted by Gasteiger charge is 2.33. The minimum atomic E-state index is -0.548. The Kier molecular flexibility index (Phi) is 5.44. The van der Waals surface area contributed by atoms with Crippen molar-refractivity contribution in [1.29, 1.82) is 5.26 Å². The third-order valence-electron chi connectivity index (χ3n) is 4.39. The van der Waals surface area contributed by atoms with Crippen molar-refractivity contribution in [3.05, 3.63) is 71.3 Å². The SMILES string of the molecule is COC(=O)[C@@H](c1cccc(C#N)c1)N1CCO[C@H](c2ccccc2)C1. The van der Waals surface area contributed by atoms with Crippen molar-refractivity contribution in [2.75, 3.05) is 26.8 Å². The molecule has 0 aliphatic carbocycles. The number of carbonyl (C=O) groups excluding carboxylic acids is 1. The van der Waals surface area contributed by atoms with Gasteiger partial charge in [0.1, 0.15) is 6.04 Å². The fourth-order valence-electron chi connectivity index (χ4n) is 3.16. The Morgan fingerprint density at radius 1 is 1.28 bits per heavy atom. The van der Waals surface area contributed by atoms with Gasteiger partial charge in [-0.3, -0.25) is 4.90 Å². The van der Waals surface area contributed by atoms with Gasteiger partial charge in [-0.2, -0.15) is 5.26 Å². The van der Waals surface area contributed by atoms with Crippen LogP contribution < -0.4 is 0 Å². The molecule has 2 aromatic carbocycles. The van der Waals surface area contributed by atoms with Crippen LogP contribution in [0.15, 0.2) is 54.6 Å². The molecule has 1 aliphatic rings. The van der Waals surface area contributed by atoms with Crippen LogP contribution in [-0.2, 0) is 14.3 Å². The molecule has 0 spiro atoms. The van der Waals surface area contributed by atoms with Crippen LogP contribution >= 0.6 is 0 Å². The van der Waals surface area contributed by atoms with Crippen molar-refractivity contribution in [2.24, 2.45) is 0 Å². The highest BCUT2D eigenvalue weighted by molar-refractivity contribution is 5.77. The normalized spacial score (nSPS) is 19.0. The van der Waals surface area contributed by atoms with E-state index in [-0.39, 0.29) is 12.1 Å². The molecule has 2 atom stereocenters. The van der Waals surface area contributed by atoms with E-state index in [4.69, 9.17) is 14.7 Å². The zero-order valence-corrected chi connectivity index (χ0v) is 14.1. The highest BCUT2D eigenvalue weighted by atomic mass is 16.5. The highest BCUT2D eigenvalue weighted by Crippen LogP contribution is 2.30. The Bertz CT molecular complexity index is 770. The number of methoxy groups -OCH3 is 1. The molecule has 0 amide bonds. The summed E-state index contributed by atoms with van der Waals surface area (Å²) in [6, 6.07) is 18.7. The van der Waals surface area contributed by atoms with Gasteiger partial charge in [-0.1, -0.05) is 42.5 Å². The Morgan fingerprint density at radius 3 is 2.80 bits per heavy atom. The quantitative estimate of drug-likeness (QED) is 0.804. The van der Waals surface area contributed by atoms with E-state index in [2.05, 4.69) is 11.0 Å². The van der Waals surface area contributed by atoms with Crippen LogP contribution in [0.1, 0.15) is 28.8 Å². The maximum absolute atomic E-state index is 12.5. The molecule has 3 rings (SSSR count). The molecule has 5 heteroatoms. The first-order valence-corrected chi connectivity index (χ1v) is 8.21. The van der Waals surface area contributed by atoms with Crippen molar-refractivity contribution < 1.29 is 14.3 Å². The van der Waals surface area contributed by atoms with Gasteiger partial charge in [0.05, 0.1) is 31.5 Å². The van der Waals surface area contributed by atoms with Gasteiger partial charge in [-0.15, -0.1) is 0 Å². The van der Waals surface area contributed by atoms with E-state index in [0.717, 1.165) is 11.1 Å². The van der Waals surface area contributed by atoms with Crippen LogP contribution in [0, 0.1) is 11.3 Å². The molecule has 1 aliphatic heterocycles. The maximum Gasteiger partial charge on any atom is 0.327 e. The molecular formula is C20H20N2O3. The second kappa shape index (κ2) is 7.93. The van der Waals surface area contributed by atoms with Crippen LogP contribution in [0.3, 0.4) is 0 Å². The second-order valence-corrected chi connectivity index (χ2v) is 5.93. The minimum Gasteiger partial charge on any atom is -0.468 e. The van der Waals surface area contributed by atoms with E-state index < -0.39 is 6.04 Å². The van der Waals surface area contributed by atoms with Gasteiger partial charge < -0.3 is 9.47 Å². The van der Waals surface area contributed by atoms with E-state index in [9.17, 15) is 4.79 Å². The van der Waals surface area contributed by atoms with Gasteiger partial charge in [0.25, 0.3) is 0 Å². The van der Waals surface area contributed by atoms with E-state index >= 15 is 0 Å². The first-order chi connectivity index (χ1) is 12.2. The molecule has 25 heavy (non-hydrogen) atoms. The number of hydrogen-bond acceptors (Lipinski definition) is 5. The summed E-state index contributed by atoms with van der Waals surface area (Å²) in [5.74, 6) is -0.330. The van der Waals surface area contributed by atoms with Crippen molar-refractivity contribution in [3.63, 3.8) is 0 Å². The molecule has 0 aromatic heterocycles. The second-order valence-electron chi connectivity index (χ2n) is 5.93. The summed E-state index contributed by atoms with van der Waals surface area (Å²) in [6.45, 7) is 1.74. The van der Waals surface area contributed by atoms with E-state index in [1.54, 1.807) is 18.2 Å².